The molecular formula is C16H17ClN4O3. The van der Waals surface area contributed by atoms with Crippen molar-refractivity contribution in [2.24, 2.45) is 5.92 Å². The van der Waals surface area contributed by atoms with Gasteiger partial charge in [0.15, 0.2) is 5.15 Å². The Morgan fingerprint density at radius 1 is 1.38 bits per heavy atom. The van der Waals surface area contributed by atoms with Crippen LogP contribution in [-0.4, -0.2) is 47.7 Å². The Morgan fingerprint density at radius 3 is 2.92 bits per heavy atom. The van der Waals surface area contributed by atoms with Crippen molar-refractivity contribution in [3.05, 3.63) is 41.8 Å². The first-order valence-corrected chi connectivity index (χ1v) is 7.83. The highest BCUT2D eigenvalue weighted by molar-refractivity contribution is 6.29. The van der Waals surface area contributed by atoms with E-state index in [-0.39, 0.29) is 11.9 Å². The molecule has 0 unspecified atom stereocenters. The molecular weight excluding hydrogens is 332 g/mol. The molecule has 1 fully saturated rings. The number of carbonyl (C=O) groups excluding carboxylic acids is 1. The van der Waals surface area contributed by atoms with Gasteiger partial charge >= 0.3 is 6.03 Å². The number of ether oxygens (including phenoxy) is 2. The molecule has 2 heterocycles. The highest BCUT2D eigenvalue weighted by Crippen LogP contribution is 2.25. The summed E-state index contributed by atoms with van der Waals surface area (Å²) in [6.45, 7) is 1.71. The highest BCUT2D eigenvalue weighted by Gasteiger charge is 2.31. The maximum Gasteiger partial charge on any atom is 0.321 e. The third-order valence-electron chi connectivity index (χ3n) is 3.64. The average Bonchev–Trinajstić information content (AvgIpc) is 2.54. The monoisotopic (exact) mass is 348 g/mol. The maximum absolute atomic E-state index is 12.2. The minimum Gasteiger partial charge on any atom is -0.495 e. The highest BCUT2D eigenvalue weighted by atomic mass is 35.5. The van der Waals surface area contributed by atoms with Crippen LogP contribution in [0.25, 0.3) is 0 Å². The molecule has 8 heteroatoms. The summed E-state index contributed by atoms with van der Waals surface area (Å²) in [5, 5.41) is 3.14. The number of halogens is 1. The lowest BCUT2D eigenvalue weighted by Crippen LogP contribution is -2.53. The number of methoxy groups -OCH3 is 1. The van der Waals surface area contributed by atoms with Crippen LogP contribution in [-0.2, 0) is 0 Å². The van der Waals surface area contributed by atoms with E-state index in [9.17, 15) is 4.79 Å². The smallest absolute Gasteiger partial charge is 0.321 e. The van der Waals surface area contributed by atoms with Gasteiger partial charge in [0, 0.05) is 19.0 Å². The molecule has 0 spiro atoms. The second-order valence-electron chi connectivity index (χ2n) is 5.39. The first kappa shape index (κ1) is 16.3. The molecule has 1 aromatic carbocycles. The summed E-state index contributed by atoms with van der Waals surface area (Å²) in [7, 11) is 1.57. The number of carbonyl (C=O) groups is 1. The Bertz CT molecular complexity index is 722. The molecule has 1 aliphatic rings. The second kappa shape index (κ2) is 7.35. The predicted octanol–water partition coefficient (Wildman–Crippen LogP) is 2.68. The number of nitrogens with one attached hydrogen (secondary N) is 1. The Labute approximate surface area is 144 Å². The van der Waals surface area contributed by atoms with Gasteiger partial charge in [-0.3, -0.25) is 4.98 Å². The number of benzene rings is 1. The molecule has 0 radical (unpaired) electrons. The molecule has 24 heavy (non-hydrogen) atoms. The van der Waals surface area contributed by atoms with Gasteiger partial charge in [0.05, 0.1) is 31.8 Å². The van der Waals surface area contributed by atoms with E-state index in [0.29, 0.717) is 42.2 Å². The van der Waals surface area contributed by atoms with Crippen molar-refractivity contribution in [3.63, 3.8) is 0 Å². The largest absolute Gasteiger partial charge is 0.495 e. The van der Waals surface area contributed by atoms with E-state index in [0.717, 1.165) is 0 Å². The molecule has 126 valence electrons. The molecule has 0 atom stereocenters. The standard InChI is InChI=1S/C16H17ClN4O3/c1-23-13-5-3-2-4-12(13)19-16(22)21-8-11(9-21)10-24-15-7-18-6-14(17)20-15/h2-7,11H,8-10H2,1H3,(H,19,22). The van der Waals surface area contributed by atoms with Gasteiger partial charge in [-0.25, -0.2) is 4.79 Å². The summed E-state index contributed by atoms with van der Waals surface area (Å²) in [5.74, 6) is 1.28. The van der Waals surface area contributed by atoms with Crippen LogP contribution >= 0.6 is 11.6 Å². The maximum atomic E-state index is 12.2. The topological polar surface area (TPSA) is 76.6 Å². The lowest BCUT2D eigenvalue weighted by Gasteiger charge is -2.38. The Kier molecular flexibility index (Phi) is 5.00. The fourth-order valence-corrected chi connectivity index (χ4v) is 2.52. The number of hydrogen-bond donors (Lipinski definition) is 1. The van der Waals surface area contributed by atoms with Crippen molar-refractivity contribution in [1.29, 1.82) is 0 Å². The van der Waals surface area contributed by atoms with E-state index in [1.165, 1.54) is 12.4 Å². The van der Waals surface area contributed by atoms with Crippen molar-refractivity contribution in [2.75, 3.05) is 32.1 Å². The van der Waals surface area contributed by atoms with Gasteiger partial charge in [-0.15, -0.1) is 0 Å². The lowest BCUT2D eigenvalue weighted by molar-refractivity contribution is 0.0906. The number of urea groups is 1. The number of hydrogen-bond acceptors (Lipinski definition) is 5. The fraction of sp³-hybridized carbons (Fsp3) is 0.312. The third-order valence-corrected chi connectivity index (χ3v) is 3.83. The minimum absolute atomic E-state index is 0.154. The van der Waals surface area contributed by atoms with Gasteiger partial charge in [-0.2, -0.15) is 4.98 Å². The van der Waals surface area contributed by atoms with Gasteiger partial charge in [-0.1, -0.05) is 23.7 Å². The quantitative estimate of drug-likeness (QED) is 0.899. The van der Waals surface area contributed by atoms with E-state index in [4.69, 9.17) is 21.1 Å². The summed E-state index contributed by atoms with van der Waals surface area (Å²) < 4.78 is 10.8. The summed E-state index contributed by atoms with van der Waals surface area (Å²) in [5.41, 5.74) is 0.652. The van der Waals surface area contributed by atoms with E-state index < -0.39 is 0 Å². The molecule has 1 N–H and O–H groups in total. The molecule has 2 aromatic rings. The van der Waals surface area contributed by atoms with Gasteiger partial charge in [0.1, 0.15) is 5.75 Å². The summed E-state index contributed by atoms with van der Waals surface area (Å²) in [4.78, 5) is 21.8. The van der Waals surface area contributed by atoms with Crippen LogP contribution in [0.2, 0.25) is 5.15 Å². The van der Waals surface area contributed by atoms with Crippen molar-refractivity contribution in [3.8, 4) is 11.6 Å². The normalized spacial score (nSPS) is 14.0. The van der Waals surface area contributed by atoms with E-state index >= 15 is 0 Å². The molecule has 0 saturated carbocycles. The molecule has 3 rings (SSSR count). The van der Waals surface area contributed by atoms with E-state index in [1.807, 2.05) is 12.1 Å². The van der Waals surface area contributed by atoms with Gasteiger partial charge < -0.3 is 19.7 Å². The number of aromatic nitrogens is 2. The number of para-hydroxylation sites is 2. The lowest BCUT2D eigenvalue weighted by atomic mass is 10.0. The summed E-state index contributed by atoms with van der Waals surface area (Å²) in [6.07, 6.45) is 2.96. The predicted molar refractivity (Wildman–Crippen MR) is 89.6 cm³/mol. The van der Waals surface area contributed by atoms with E-state index in [2.05, 4.69) is 15.3 Å². The first-order valence-electron chi connectivity index (χ1n) is 7.45. The molecule has 1 aromatic heterocycles. The van der Waals surface area contributed by atoms with E-state index in [1.54, 1.807) is 24.1 Å². The van der Waals surface area contributed by atoms with Gasteiger partial charge in [0.25, 0.3) is 0 Å². The zero-order valence-corrected chi connectivity index (χ0v) is 13.9. The Morgan fingerprint density at radius 2 is 2.17 bits per heavy atom. The Balaban J connectivity index is 1.45. The Hall–Kier alpha value is -2.54. The van der Waals surface area contributed by atoms with Gasteiger partial charge in [-0.05, 0) is 12.1 Å². The first-order chi connectivity index (χ1) is 11.7. The van der Waals surface area contributed by atoms with Crippen LogP contribution in [0.1, 0.15) is 0 Å². The minimum atomic E-state index is -0.154. The number of anilines is 1. The molecule has 0 aliphatic carbocycles. The van der Waals surface area contributed by atoms with Crippen LogP contribution in [0.4, 0.5) is 10.5 Å². The van der Waals surface area contributed by atoms with Crippen molar-refractivity contribution in [1.82, 2.24) is 14.9 Å². The van der Waals surface area contributed by atoms with Crippen LogP contribution in [0.15, 0.2) is 36.7 Å². The van der Waals surface area contributed by atoms with Gasteiger partial charge in [0.2, 0.25) is 5.88 Å². The molecule has 2 amide bonds. The SMILES string of the molecule is COc1ccccc1NC(=O)N1CC(COc2cncc(Cl)n2)C1. The van der Waals surface area contributed by atoms with Crippen molar-refractivity contribution in [2.45, 2.75) is 0 Å². The molecule has 1 aliphatic heterocycles. The zero-order chi connectivity index (χ0) is 16.9. The number of rotatable bonds is 5. The van der Waals surface area contributed by atoms with Crippen molar-refractivity contribution >= 4 is 23.3 Å². The fourth-order valence-electron chi connectivity index (χ4n) is 2.38. The zero-order valence-electron chi connectivity index (χ0n) is 13.1. The van der Waals surface area contributed by atoms with Crippen LogP contribution in [0, 0.1) is 5.92 Å². The van der Waals surface area contributed by atoms with Crippen LogP contribution in [0.3, 0.4) is 0 Å². The van der Waals surface area contributed by atoms with Crippen LogP contribution in [0.5, 0.6) is 11.6 Å². The summed E-state index contributed by atoms with van der Waals surface area (Å²) in [6, 6.07) is 7.14. The third kappa shape index (κ3) is 3.86. The second-order valence-corrected chi connectivity index (χ2v) is 5.78. The van der Waals surface area contributed by atoms with Crippen molar-refractivity contribution < 1.29 is 14.3 Å². The molecule has 1 saturated heterocycles. The number of nitrogens with zero attached hydrogens (tertiary/aromatic N) is 3. The van der Waals surface area contributed by atoms with Crippen LogP contribution < -0.4 is 14.8 Å². The molecule has 7 nitrogen and oxygen atoms in total. The summed E-state index contributed by atoms with van der Waals surface area (Å²) >= 11 is 5.75. The molecule has 0 bridgehead atoms. The number of amides is 2. The average molecular weight is 349 g/mol. The number of likely N-dealkylation sites (tertiary alicyclic amines) is 1.